The summed E-state index contributed by atoms with van der Waals surface area (Å²) < 4.78 is 0. The van der Waals surface area contributed by atoms with Crippen LogP contribution < -0.4 is 5.32 Å². The molecule has 3 nitrogen and oxygen atoms in total. The molecular formula is C17H28N2O. The van der Waals surface area contributed by atoms with Crippen molar-refractivity contribution in [1.29, 1.82) is 0 Å². The van der Waals surface area contributed by atoms with Crippen LogP contribution in [0.2, 0.25) is 0 Å². The Morgan fingerprint density at radius 3 is 2.60 bits per heavy atom. The van der Waals surface area contributed by atoms with Gasteiger partial charge < -0.3 is 10.2 Å². The van der Waals surface area contributed by atoms with E-state index in [1.165, 1.54) is 24.8 Å². The predicted molar refractivity (Wildman–Crippen MR) is 85.8 cm³/mol. The molecule has 0 saturated carbocycles. The number of nitrogens with zero attached hydrogens (tertiary/aromatic N) is 1. The van der Waals surface area contributed by atoms with E-state index in [2.05, 4.69) is 31.3 Å². The fourth-order valence-electron chi connectivity index (χ4n) is 2.21. The first-order chi connectivity index (χ1) is 9.58. The van der Waals surface area contributed by atoms with Crippen LogP contribution in [0.3, 0.4) is 0 Å². The summed E-state index contributed by atoms with van der Waals surface area (Å²) in [5, 5.41) is 3.64. The van der Waals surface area contributed by atoms with Crippen molar-refractivity contribution in [2.75, 3.05) is 12.4 Å². The maximum Gasteiger partial charge on any atom is 0.219 e. The van der Waals surface area contributed by atoms with Crippen molar-refractivity contribution < 1.29 is 4.79 Å². The van der Waals surface area contributed by atoms with Crippen LogP contribution in [0.25, 0.3) is 0 Å². The van der Waals surface area contributed by atoms with E-state index in [-0.39, 0.29) is 5.91 Å². The van der Waals surface area contributed by atoms with Gasteiger partial charge in [-0.05, 0) is 24.5 Å². The summed E-state index contributed by atoms with van der Waals surface area (Å²) in [6.45, 7) is 6.70. The lowest BCUT2D eigenvalue weighted by Crippen LogP contribution is -2.25. The van der Waals surface area contributed by atoms with Crippen molar-refractivity contribution in [3.63, 3.8) is 0 Å². The Labute approximate surface area is 123 Å². The molecule has 1 rings (SSSR count). The molecule has 0 radical (unpaired) electrons. The molecule has 1 aromatic rings. The van der Waals surface area contributed by atoms with Gasteiger partial charge in [-0.3, -0.25) is 4.79 Å². The molecule has 3 heteroatoms. The van der Waals surface area contributed by atoms with Crippen LogP contribution in [0.5, 0.6) is 0 Å². The number of amides is 1. The quantitative estimate of drug-likeness (QED) is 0.777. The summed E-state index contributed by atoms with van der Waals surface area (Å²) >= 11 is 0. The maximum atomic E-state index is 11.4. The van der Waals surface area contributed by atoms with E-state index in [0.29, 0.717) is 12.6 Å². The fourth-order valence-corrected chi connectivity index (χ4v) is 2.21. The van der Waals surface area contributed by atoms with E-state index in [4.69, 9.17) is 0 Å². The zero-order chi connectivity index (χ0) is 15.0. The molecule has 1 N–H and O–H groups in total. The van der Waals surface area contributed by atoms with Gasteiger partial charge in [-0.1, -0.05) is 44.9 Å². The maximum absolute atomic E-state index is 11.4. The van der Waals surface area contributed by atoms with E-state index < -0.39 is 0 Å². The van der Waals surface area contributed by atoms with E-state index in [0.717, 1.165) is 12.1 Å². The molecular weight excluding hydrogens is 248 g/mol. The topological polar surface area (TPSA) is 32.3 Å². The van der Waals surface area contributed by atoms with Crippen LogP contribution in [0.15, 0.2) is 24.3 Å². The Kier molecular flexibility index (Phi) is 7.13. The van der Waals surface area contributed by atoms with Gasteiger partial charge in [-0.2, -0.15) is 0 Å². The Hall–Kier alpha value is -1.51. The minimum absolute atomic E-state index is 0.0952. The normalized spacial score (nSPS) is 12.0. The SMILES string of the molecule is CCCCC(CC)Nc1ccccc1CN(C)C(C)=O. The lowest BCUT2D eigenvalue weighted by molar-refractivity contribution is -0.128. The third-order valence-corrected chi connectivity index (χ3v) is 3.72. The highest BCUT2D eigenvalue weighted by atomic mass is 16.2. The monoisotopic (exact) mass is 276 g/mol. The van der Waals surface area contributed by atoms with Gasteiger partial charge in [0, 0.05) is 32.2 Å². The molecule has 0 fully saturated rings. The summed E-state index contributed by atoms with van der Waals surface area (Å²) in [6, 6.07) is 8.79. The van der Waals surface area contributed by atoms with E-state index >= 15 is 0 Å². The Morgan fingerprint density at radius 2 is 2.00 bits per heavy atom. The average molecular weight is 276 g/mol. The van der Waals surface area contributed by atoms with Gasteiger partial charge in [-0.25, -0.2) is 0 Å². The summed E-state index contributed by atoms with van der Waals surface area (Å²) in [5.41, 5.74) is 2.34. The molecule has 1 unspecified atom stereocenters. The number of hydrogen-bond donors (Lipinski definition) is 1. The highest BCUT2D eigenvalue weighted by molar-refractivity contribution is 5.73. The average Bonchev–Trinajstić information content (AvgIpc) is 2.44. The second kappa shape index (κ2) is 8.62. The van der Waals surface area contributed by atoms with Crippen LogP contribution >= 0.6 is 0 Å². The van der Waals surface area contributed by atoms with E-state index in [1.807, 2.05) is 19.2 Å². The minimum atomic E-state index is 0.0952. The van der Waals surface area contributed by atoms with Gasteiger partial charge in [0.15, 0.2) is 0 Å². The molecule has 1 aromatic carbocycles. The van der Waals surface area contributed by atoms with Crippen molar-refractivity contribution in [1.82, 2.24) is 4.90 Å². The number of rotatable bonds is 8. The zero-order valence-electron chi connectivity index (χ0n) is 13.3. The van der Waals surface area contributed by atoms with Crippen molar-refractivity contribution in [3.8, 4) is 0 Å². The minimum Gasteiger partial charge on any atom is -0.382 e. The molecule has 0 aliphatic rings. The first-order valence-corrected chi connectivity index (χ1v) is 7.64. The van der Waals surface area contributed by atoms with Crippen molar-refractivity contribution in [3.05, 3.63) is 29.8 Å². The predicted octanol–water partition coefficient (Wildman–Crippen LogP) is 4.05. The molecule has 1 atom stereocenters. The van der Waals surface area contributed by atoms with Gasteiger partial charge in [0.25, 0.3) is 0 Å². The lowest BCUT2D eigenvalue weighted by Gasteiger charge is -2.22. The Morgan fingerprint density at radius 1 is 1.30 bits per heavy atom. The molecule has 0 spiro atoms. The lowest BCUT2D eigenvalue weighted by atomic mass is 10.1. The molecule has 1 amide bonds. The molecule has 0 aliphatic carbocycles. The summed E-state index contributed by atoms with van der Waals surface area (Å²) in [4.78, 5) is 13.1. The van der Waals surface area contributed by atoms with Gasteiger partial charge >= 0.3 is 0 Å². The third kappa shape index (κ3) is 5.24. The molecule has 0 bridgehead atoms. The van der Waals surface area contributed by atoms with Crippen molar-refractivity contribution in [2.45, 2.75) is 59.0 Å². The fraction of sp³-hybridized carbons (Fsp3) is 0.588. The molecule has 0 aromatic heterocycles. The number of para-hydroxylation sites is 1. The van der Waals surface area contributed by atoms with Crippen molar-refractivity contribution in [2.24, 2.45) is 0 Å². The van der Waals surface area contributed by atoms with Crippen LogP contribution in [-0.2, 0) is 11.3 Å². The smallest absolute Gasteiger partial charge is 0.219 e. The molecule has 0 heterocycles. The van der Waals surface area contributed by atoms with Crippen LogP contribution in [0.4, 0.5) is 5.69 Å². The van der Waals surface area contributed by atoms with Crippen LogP contribution in [-0.4, -0.2) is 23.9 Å². The molecule has 0 aliphatic heterocycles. The number of carbonyl (C=O) groups excluding carboxylic acids is 1. The van der Waals surface area contributed by atoms with Gasteiger partial charge in [0.2, 0.25) is 5.91 Å². The van der Waals surface area contributed by atoms with Gasteiger partial charge in [-0.15, -0.1) is 0 Å². The number of benzene rings is 1. The van der Waals surface area contributed by atoms with Crippen LogP contribution in [0.1, 0.15) is 52.0 Å². The van der Waals surface area contributed by atoms with Gasteiger partial charge in [0.05, 0.1) is 0 Å². The van der Waals surface area contributed by atoms with E-state index in [9.17, 15) is 4.79 Å². The highest BCUT2D eigenvalue weighted by Crippen LogP contribution is 2.20. The van der Waals surface area contributed by atoms with Crippen LogP contribution in [0, 0.1) is 0 Å². The van der Waals surface area contributed by atoms with Gasteiger partial charge in [0.1, 0.15) is 0 Å². The molecule has 112 valence electrons. The summed E-state index contributed by atoms with van der Waals surface area (Å²) in [7, 11) is 1.84. The standard InChI is InChI=1S/C17H28N2O/c1-5-7-11-16(6-2)18-17-12-9-8-10-15(17)13-19(4)14(3)20/h8-10,12,16,18H,5-7,11,13H2,1-4H3. The Bertz CT molecular complexity index is 417. The second-order valence-electron chi connectivity index (χ2n) is 5.42. The number of nitrogens with one attached hydrogen (secondary N) is 1. The largest absolute Gasteiger partial charge is 0.382 e. The first-order valence-electron chi connectivity index (χ1n) is 7.64. The number of unbranched alkanes of at least 4 members (excludes halogenated alkanes) is 1. The number of carbonyl (C=O) groups is 1. The number of anilines is 1. The van der Waals surface area contributed by atoms with E-state index in [1.54, 1.807) is 11.8 Å². The highest BCUT2D eigenvalue weighted by Gasteiger charge is 2.10. The second-order valence-corrected chi connectivity index (χ2v) is 5.42. The van der Waals surface area contributed by atoms with Crippen molar-refractivity contribution >= 4 is 11.6 Å². The Balaban J connectivity index is 2.76. The summed E-state index contributed by atoms with van der Waals surface area (Å²) in [6.07, 6.45) is 4.80. The first kappa shape index (κ1) is 16.5. The number of hydrogen-bond acceptors (Lipinski definition) is 2. The third-order valence-electron chi connectivity index (χ3n) is 3.72. The molecule has 0 saturated heterocycles. The summed E-state index contributed by atoms with van der Waals surface area (Å²) in [5.74, 6) is 0.0952. The zero-order valence-corrected chi connectivity index (χ0v) is 13.3. The molecule has 20 heavy (non-hydrogen) atoms.